The summed E-state index contributed by atoms with van der Waals surface area (Å²) >= 11 is 20.1. The third kappa shape index (κ3) is 4.76. The Kier molecular flexibility index (Phi) is 9.21. The van der Waals surface area contributed by atoms with Gasteiger partial charge in [0.05, 0.1) is 0 Å². The zero-order valence-corrected chi connectivity index (χ0v) is 22.3. The highest BCUT2D eigenvalue weighted by Gasteiger charge is 2.30. The highest BCUT2D eigenvalue weighted by atomic mass is 79.9. The normalized spacial score (nSPS) is 19.4. The van der Waals surface area contributed by atoms with Gasteiger partial charge in [-0.2, -0.15) is 0 Å². The van der Waals surface area contributed by atoms with Gasteiger partial charge in [-0.3, -0.25) is 0 Å². The monoisotopic (exact) mass is 723 g/mol. The predicted octanol–water partition coefficient (Wildman–Crippen LogP) is 4.20. The summed E-state index contributed by atoms with van der Waals surface area (Å²) in [7, 11) is 0. The lowest BCUT2D eigenvalue weighted by Crippen LogP contribution is -2.57. The summed E-state index contributed by atoms with van der Waals surface area (Å²) in [5.74, 6) is 0. The van der Waals surface area contributed by atoms with Crippen molar-refractivity contribution in [3.05, 3.63) is 31.5 Å². The molecule has 1 heterocycles. The molecule has 1 rings (SSSR count). The molecule has 6 unspecified atom stereocenters. The van der Waals surface area contributed by atoms with Gasteiger partial charge in [0.2, 0.25) is 0 Å². The highest BCUT2D eigenvalue weighted by Crippen LogP contribution is 2.26. The van der Waals surface area contributed by atoms with Gasteiger partial charge in [-0.1, -0.05) is 95.6 Å². The Bertz CT molecular complexity index is 624. The Morgan fingerprint density at radius 2 is 0.708 bits per heavy atom. The van der Waals surface area contributed by atoms with Crippen molar-refractivity contribution in [1.82, 2.24) is 13.7 Å². The van der Waals surface area contributed by atoms with E-state index in [1.54, 1.807) is 20.8 Å². The van der Waals surface area contributed by atoms with E-state index >= 15 is 0 Å². The quantitative estimate of drug-likeness (QED) is 0.413. The van der Waals surface area contributed by atoms with Crippen LogP contribution in [-0.2, 0) is 0 Å². The largest absolute Gasteiger partial charge is 0.338 e. The second kappa shape index (κ2) is 9.48. The minimum absolute atomic E-state index is 0.215. The van der Waals surface area contributed by atoms with Crippen molar-refractivity contribution < 1.29 is 0 Å². The maximum Gasteiger partial charge on any atom is 0.338 e. The molecular weight excluding hydrogens is 714 g/mol. The minimum Gasteiger partial charge on any atom is -0.247 e. The maximum atomic E-state index is 12.8. The SMILES string of the molecule is CC(Br)C(Br)n1c(=O)n(C(Br)C(C)Br)c(=O)n(C(Br)C(C)Br)c1=O. The zero-order valence-electron chi connectivity index (χ0n) is 12.8. The van der Waals surface area contributed by atoms with E-state index in [4.69, 9.17) is 0 Å². The van der Waals surface area contributed by atoms with E-state index in [2.05, 4.69) is 95.6 Å². The summed E-state index contributed by atoms with van der Waals surface area (Å²) < 4.78 is 3.07. The molecule has 1 aromatic heterocycles. The third-order valence-corrected chi connectivity index (χ3v) is 10.4. The van der Waals surface area contributed by atoms with Gasteiger partial charge in [-0.15, -0.1) is 0 Å². The number of aromatic nitrogens is 3. The van der Waals surface area contributed by atoms with Crippen LogP contribution in [0.3, 0.4) is 0 Å². The summed E-state index contributed by atoms with van der Waals surface area (Å²) in [6.07, 6.45) is 0. The number of alkyl halides is 6. The van der Waals surface area contributed by atoms with Gasteiger partial charge in [0, 0.05) is 14.5 Å². The van der Waals surface area contributed by atoms with Crippen LogP contribution in [0.4, 0.5) is 0 Å². The summed E-state index contributed by atoms with van der Waals surface area (Å²) in [4.78, 5) is 36.0. The van der Waals surface area contributed by atoms with Gasteiger partial charge < -0.3 is 0 Å². The van der Waals surface area contributed by atoms with Crippen LogP contribution >= 0.6 is 95.6 Å². The molecule has 0 spiro atoms. The zero-order chi connectivity index (χ0) is 18.9. The van der Waals surface area contributed by atoms with Crippen molar-refractivity contribution in [3.63, 3.8) is 0 Å². The van der Waals surface area contributed by atoms with Crippen LogP contribution in [0.5, 0.6) is 0 Å². The van der Waals surface area contributed by atoms with Crippen molar-refractivity contribution in [2.24, 2.45) is 0 Å². The van der Waals surface area contributed by atoms with E-state index < -0.39 is 31.9 Å². The summed E-state index contributed by atoms with van der Waals surface area (Å²) in [6.45, 7) is 5.38. The van der Waals surface area contributed by atoms with Gasteiger partial charge in [0.15, 0.2) is 0 Å². The fraction of sp³-hybridized carbons (Fsp3) is 0.750. The molecule has 0 aliphatic carbocycles. The van der Waals surface area contributed by atoms with Crippen LogP contribution in [0.1, 0.15) is 35.6 Å². The lowest BCUT2D eigenvalue weighted by molar-refractivity contribution is 0.442. The molecule has 0 saturated heterocycles. The molecule has 0 aromatic carbocycles. The number of nitrogens with zero attached hydrogens (tertiary/aromatic N) is 3. The average molecular weight is 729 g/mol. The molecule has 0 N–H and O–H groups in total. The lowest BCUT2D eigenvalue weighted by Gasteiger charge is -2.24. The van der Waals surface area contributed by atoms with Crippen molar-refractivity contribution in [1.29, 1.82) is 0 Å². The summed E-state index contributed by atoms with van der Waals surface area (Å²) in [6, 6.07) is 0. The lowest BCUT2D eigenvalue weighted by atomic mass is 10.4. The van der Waals surface area contributed by atoms with E-state index in [1.807, 2.05) is 0 Å². The highest BCUT2D eigenvalue weighted by molar-refractivity contribution is 9.12. The van der Waals surface area contributed by atoms with E-state index in [0.717, 1.165) is 13.7 Å². The number of hydrogen-bond donors (Lipinski definition) is 0. The first kappa shape index (κ1) is 23.3. The van der Waals surface area contributed by atoms with Crippen molar-refractivity contribution in [2.75, 3.05) is 0 Å². The molecule has 0 amide bonds. The molecule has 0 bridgehead atoms. The van der Waals surface area contributed by atoms with E-state index in [9.17, 15) is 14.4 Å². The first-order valence-electron chi connectivity index (χ1n) is 6.77. The Hall–Kier alpha value is 1.29. The first-order valence-corrected chi connectivity index (χ1v) is 12.3. The van der Waals surface area contributed by atoms with Crippen molar-refractivity contribution in [3.8, 4) is 0 Å². The van der Waals surface area contributed by atoms with Crippen molar-refractivity contribution in [2.45, 2.75) is 50.1 Å². The molecule has 6 nitrogen and oxygen atoms in total. The molecular formula is C12H15Br6N3O3. The van der Waals surface area contributed by atoms with Crippen LogP contribution in [-0.4, -0.2) is 28.2 Å². The molecule has 0 saturated carbocycles. The number of hydrogen-bond acceptors (Lipinski definition) is 3. The van der Waals surface area contributed by atoms with E-state index in [1.165, 1.54) is 0 Å². The van der Waals surface area contributed by atoms with Crippen LogP contribution in [0.25, 0.3) is 0 Å². The van der Waals surface area contributed by atoms with Crippen LogP contribution in [0, 0.1) is 0 Å². The first-order chi connectivity index (χ1) is 10.9. The van der Waals surface area contributed by atoms with E-state index in [-0.39, 0.29) is 14.5 Å². The number of halogens is 6. The smallest absolute Gasteiger partial charge is 0.247 e. The fourth-order valence-electron chi connectivity index (χ4n) is 1.84. The molecule has 24 heavy (non-hydrogen) atoms. The fourth-order valence-corrected chi connectivity index (χ4v) is 3.60. The Labute approximate surface area is 189 Å². The summed E-state index contributed by atoms with van der Waals surface area (Å²) in [5.41, 5.74) is -2.07. The Balaban J connectivity index is 3.97. The van der Waals surface area contributed by atoms with Gasteiger partial charge in [0.25, 0.3) is 0 Å². The molecule has 0 aliphatic rings. The van der Waals surface area contributed by atoms with Crippen LogP contribution in [0.15, 0.2) is 14.4 Å². The number of rotatable bonds is 6. The second-order valence-corrected chi connectivity index (χ2v) is 12.3. The molecule has 0 aliphatic heterocycles. The Morgan fingerprint density at radius 3 is 0.833 bits per heavy atom. The van der Waals surface area contributed by atoms with Crippen LogP contribution in [0.2, 0.25) is 0 Å². The van der Waals surface area contributed by atoms with Gasteiger partial charge in [-0.05, 0) is 20.8 Å². The van der Waals surface area contributed by atoms with Crippen molar-refractivity contribution >= 4 is 95.6 Å². The maximum absolute atomic E-state index is 12.8. The molecule has 138 valence electrons. The topological polar surface area (TPSA) is 66.0 Å². The van der Waals surface area contributed by atoms with Gasteiger partial charge >= 0.3 is 17.1 Å². The van der Waals surface area contributed by atoms with Gasteiger partial charge in [-0.25, -0.2) is 28.1 Å². The molecule has 6 atom stereocenters. The average Bonchev–Trinajstić information content (AvgIpc) is 2.46. The molecule has 12 heteroatoms. The summed E-state index contributed by atoms with van der Waals surface area (Å²) in [5, 5.41) is 0. The Morgan fingerprint density at radius 1 is 0.542 bits per heavy atom. The van der Waals surface area contributed by atoms with E-state index in [0.29, 0.717) is 0 Å². The molecule has 1 aromatic rings. The standard InChI is InChI=1S/C12H15Br6N3O3/c1-4(13)7(16)19-10(22)20(8(17)5(2)14)12(24)21(11(19)23)9(18)6(3)15/h4-9H,1-3H3. The van der Waals surface area contributed by atoms with Crippen LogP contribution < -0.4 is 17.1 Å². The second-order valence-electron chi connectivity index (χ2n) is 5.11. The molecule has 0 fully saturated rings. The minimum atomic E-state index is -0.690. The molecule has 0 radical (unpaired) electrons. The predicted molar refractivity (Wildman–Crippen MR) is 118 cm³/mol. The third-order valence-electron chi connectivity index (χ3n) is 3.11. The van der Waals surface area contributed by atoms with Gasteiger partial charge in [0.1, 0.15) is 14.9 Å².